The van der Waals surface area contributed by atoms with Crippen LogP contribution in [-0.4, -0.2) is 22.3 Å². The molecule has 1 heterocycles. The van der Waals surface area contributed by atoms with Crippen LogP contribution in [0.2, 0.25) is 0 Å². The zero-order chi connectivity index (χ0) is 8.81. The second-order valence-corrected chi connectivity index (χ2v) is 2.36. The summed E-state index contributed by atoms with van der Waals surface area (Å²) in [5.41, 5.74) is 6.27. The highest BCUT2D eigenvalue weighted by molar-refractivity contribution is 5.95. The normalized spacial score (nSPS) is 11.6. The standard InChI is InChI=1S/C8H12N4/c1-2-3-12-8(9)7-6-10-4-5-11-7/h4-6H,2-3H2,1H3,(H2,9,12). The van der Waals surface area contributed by atoms with Crippen LogP contribution in [-0.2, 0) is 0 Å². The van der Waals surface area contributed by atoms with Crippen molar-refractivity contribution in [1.29, 1.82) is 0 Å². The second-order valence-electron chi connectivity index (χ2n) is 2.36. The molecule has 0 saturated carbocycles. The molecule has 1 aromatic heterocycles. The minimum absolute atomic E-state index is 0.463. The third-order valence-corrected chi connectivity index (χ3v) is 1.33. The largest absolute Gasteiger partial charge is 0.382 e. The van der Waals surface area contributed by atoms with Crippen molar-refractivity contribution in [2.75, 3.05) is 6.54 Å². The van der Waals surface area contributed by atoms with Crippen LogP contribution in [0.3, 0.4) is 0 Å². The van der Waals surface area contributed by atoms with Crippen LogP contribution in [0.5, 0.6) is 0 Å². The van der Waals surface area contributed by atoms with Gasteiger partial charge in [-0.1, -0.05) is 6.92 Å². The summed E-state index contributed by atoms with van der Waals surface area (Å²) in [6.07, 6.45) is 5.80. The topological polar surface area (TPSA) is 64.2 Å². The van der Waals surface area contributed by atoms with Gasteiger partial charge in [0.25, 0.3) is 0 Å². The van der Waals surface area contributed by atoms with Crippen molar-refractivity contribution in [3.05, 3.63) is 24.3 Å². The van der Waals surface area contributed by atoms with Gasteiger partial charge in [-0.25, -0.2) is 4.98 Å². The monoisotopic (exact) mass is 164 g/mol. The van der Waals surface area contributed by atoms with Crippen LogP contribution < -0.4 is 5.73 Å². The summed E-state index contributed by atoms with van der Waals surface area (Å²) in [5, 5.41) is 0. The van der Waals surface area contributed by atoms with Crippen LogP contribution >= 0.6 is 0 Å². The molecule has 0 bridgehead atoms. The number of nitrogens with two attached hydrogens (primary N) is 1. The first kappa shape index (κ1) is 8.64. The fourth-order valence-corrected chi connectivity index (χ4v) is 0.745. The zero-order valence-corrected chi connectivity index (χ0v) is 7.07. The van der Waals surface area contributed by atoms with Crippen LogP contribution in [0, 0.1) is 0 Å². The first-order valence-corrected chi connectivity index (χ1v) is 3.91. The van der Waals surface area contributed by atoms with E-state index in [2.05, 4.69) is 15.0 Å². The van der Waals surface area contributed by atoms with E-state index in [1.165, 1.54) is 0 Å². The molecule has 2 N–H and O–H groups in total. The van der Waals surface area contributed by atoms with Crippen molar-refractivity contribution >= 4 is 5.84 Å². The quantitative estimate of drug-likeness (QED) is 0.525. The van der Waals surface area contributed by atoms with E-state index in [-0.39, 0.29) is 0 Å². The second kappa shape index (κ2) is 4.43. The predicted octanol–water partition coefficient (Wildman–Crippen LogP) is 0.592. The van der Waals surface area contributed by atoms with Gasteiger partial charge in [-0.15, -0.1) is 0 Å². The third kappa shape index (κ3) is 2.30. The molecule has 0 radical (unpaired) electrons. The van der Waals surface area contributed by atoms with E-state index in [9.17, 15) is 0 Å². The molecular weight excluding hydrogens is 152 g/mol. The number of aromatic nitrogens is 2. The highest BCUT2D eigenvalue weighted by Crippen LogP contribution is 1.90. The Bertz CT molecular complexity index is 255. The van der Waals surface area contributed by atoms with Crippen LogP contribution in [0.15, 0.2) is 23.6 Å². The fourth-order valence-electron chi connectivity index (χ4n) is 0.745. The van der Waals surface area contributed by atoms with Gasteiger partial charge in [-0.2, -0.15) is 0 Å². The van der Waals surface area contributed by atoms with Crippen LogP contribution in [0.1, 0.15) is 19.0 Å². The van der Waals surface area contributed by atoms with Gasteiger partial charge in [0, 0.05) is 18.9 Å². The number of aliphatic imine (C=N–C) groups is 1. The first-order valence-electron chi connectivity index (χ1n) is 3.91. The minimum Gasteiger partial charge on any atom is -0.382 e. The van der Waals surface area contributed by atoms with Gasteiger partial charge in [-0.3, -0.25) is 9.98 Å². The minimum atomic E-state index is 0.463. The van der Waals surface area contributed by atoms with Gasteiger partial charge in [0.05, 0.1) is 6.20 Å². The molecule has 4 heteroatoms. The van der Waals surface area contributed by atoms with E-state index >= 15 is 0 Å². The Morgan fingerprint density at radius 2 is 2.42 bits per heavy atom. The zero-order valence-electron chi connectivity index (χ0n) is 7.07. The molecule has 0 saturated heterocycles. The Labute approximate surface area is 71.6 Å². The molecule has 0 fully saturated rings. The van der Waals surface area contributed by atoms with Crippen molar-refractivity contribution in [2.45, 2.75) is 13.3 Å². The molecule has 0 spiro atoms. The van der Waals surface area contributed by atoms with Crippen LogP contribution in [0.4, 0.5) is 0 Å². The lowest BCUT2D eigenvalue weighted by molar-refractivity contribution is 0.928. The average Bonchev–Trinajstić information content (AvgIpc) is 2.15. The van der Waals surface area contributed by atoms with Crippen molar-refractivity contribution in [3.8, 4) is 0 Å². The summed E-state index contributed by atoms with van der Waals surface area (Å²) in [4.78, 5) is 12.0. The molecule has 0 aromatic carbocycles. The van der Waals surface area contributed by atoms with Gasteiger partial charge in [-0.05, 0) is 6.42 Å². The summed E-state index contributed by atoms with van der Waals surface area (Å²) < 4.78 is 0. The molecule has 0 amide bonds. The molecule has 0 aliphatic rings. The molecular formula is C8H12N4. The van der Waals surface area contributed by atoms with Gasteiger partial charge >= 0.3 is 0 Å². The van der Waals surface area contributed by atoms with Gasteiger partial charge in [0.15, 0.2) is 0 Å². The highest BCUT2D eigenvalue weighted by atomic mass is 14.9. The Balaban J connectivity index is 2.71. The van der Waals surface area contributed by atoms with E-state index in [0.29, 0.717) is 11.5 Å². The maximum Gasteiger partial charge on any atom is 0.146 e. The highest BCUT2D eigenvalue weighted by Gasteiger charge is 1.96. The van der Waals surface area contributed by atoms with Crippen molar-refractivity contribution in [1.82, 2.24) is 9.97 Å². The Morgan fingerprint density at radius 3 is 3.00 bits per heavy atom. The number of nitrogens with zero attached hydrogens (tertiary/aromatic N) is 3. The van der Waals surface area contributed by atoms with E-state index in [1.807, 2.05) is 6.92 Å². The molecule has 0 unspecified atom stereocenters. The van der Waals surface area contributed by atoms with Crippen molar-refractivity contribution < 1.29 is 0 Å². The molecule has 0 atom stereocenters. The number of hydrogen-bond donors (Lipinski definition) is 1. The summed E-state index contributed by atoms with van der Waals surface area (Å²) in [7, 11) is 0. The van der Waals surface area contributed by atoms with Crippen LogP contribution in [0.25, 0.3) is 0 Å². The SMILES string of the molecule is CCCN=C(N)c1cnccn1. The molecule has 1 aromatic rings. The molecule has 0 aliphatic carbocycles. The lowest BCUT2D eigenvalue weighted by Crippen LogP contribution is -2.15. The first-order chi connectivity index (χ1) is 5.84. The molecule has 0 aliphatic heterocycles. The number of amidine groups is 1. The maximum atomic E-state index is 5.63. The third-order valence-electron chi connectivity index (χ3n) is 1.33. The van der Waals surface area contributed by atoms with Gasteiger partial charge in [0.1, 0.15) is 11.5 Å². The van der Waals surface area contributed by atoms with Gasteiger partial charge < -0.3 is 5.73 Å². The van der Waals surface area contributed by atoms with E-state index in [4.69, 9.17) is 5.73 Å². The summed E-state index contributed by atoms with van der Waals surface area (Å²) in [6, 6.07) is 0. The fraction of sp³-hybridized carbons (Fsp3) is 0.375. The lowest BCUT2D eigenvalue weighted by Gasteiger charge is -1.97. The summed E-state index contributed by atoms with van der Waals surface area (Å²) in [6.45, 7) is 2.79. The van der Waals surface area contributed by atoms with E-state index < -0.39 is 0 Å². The number of rotatable bonds is 3. The maximum absolute atomic E-state index is 5.63. The van der Waals surface area contributed by atoms with E-state index in [0.717, 1.165) is 13.0 Å². The smallest absolute Gasteiger partial charge is 0.146 e. The number of hydrogen-bond acceptors (Lipinski definition) is 3. The lowest BCUT2D eigenvalue weighted by atomic mass is 10.4. The summed E-state index contributed by atoms with van der Waals surface area (Å²) >= 11 is 0. The van der Waals surface area contributed by atoms with Crippen molar-refractivity contribution in [2.24, 2.45) is 10.7 Å². The Morgan fingerprint density at radius 1 is 1.58 bits per heavy atom. The average molecular weight is 164 g/mol. The Hall–Kier alpha value is -1.45. The van der Waals surface area contributed by atoms with Gasteiger partial charge in [0.2, 0.25) is 0 Å². The summed E-state index contributed by atoms with van der Waals surface area (Å²) in [5.74, 6) is 0.463. The Kier molecular flexibility index (Phi) is 3.19. The van der Waals surface area contributed by atoms with Crippen molar-refractivity contribution in [3.63, 3.8) is 0 Å². The van der Waals surface area contributed by atoms with E-state index in [1.54, 1.807) is 18.6 Å². The molecule has 64 valence electrons. The molecule has 12 heavy (non-hydrogen) atoms. The molecule has 4 nitrogen and oxygen atoms in total. The molecule has 1 rings (SSSR count). The predicted molar refractivity (Wildman–Crippen MR) is 47.9 cm³/mol.